The number of aromatic nitrogens is 1. The van der Waals surface area contributed by atoms with Crippen molar-refractivity contribution in [3.05, 3.63) is 114 Å². The second-order valence-electron chi connectivity index (χ2n) is 19.9. The first-order valence-corrected chi connectivity index (χ1v) is 25.9. The predicted molar refractivity (Wildman–Crippen MR) is 291 cm³/mol. The van der Waals surface area contributed by atoms with Gasteiger partial charge < -0.3 is 69.6 Å². The summed E-state index contributed by atoms with van der Waals surface area (Å²) in [6, 6.07) is 15.8. The number of imide groups is 1. The minimum atomic E-state index is -1.72. The molecule has 0 aliphatic carbocycles. The van der Waals surface area contributed by atoms with Gasteiger partial charge in [0.1, 0.15) is 36.0 Å². The summed E-state index contributed by atoms with van der Waals surface area (Å²) < 4.78 is 0. The van der Waals surface area contributed by atoms with Gasteiger partial charge in [-0.3, -0.25) is 48.7 Å². The van der Waals surface area contributed by atoms with Crippen LogP contribution in [0.5, 0.6) is 5.75 Å². The number of aromatic hydroxyl groups is 1. The SMILES string of the molecule is CC(C)C[C@@H](C(=O)N[C@@H](CCCNC(=N)N)C(=O)N1CCC[C@H]1C(=O)NCC(N)=O)N(C(=O)[C@H](N)Cc1ccc2ccccc2c1)C(=O)[C@H](Cc1ccc(O)cc1)NC(=O)[C@H](CO)NC(=O)[C@@H](N)Cc1c[nH]c2ccccc12. The lowest BCUT2D eigenvalue weighted by atomic mass is 9.96. The number of fused-ring (bicyclic) bond motifs is 2. The van der Waals surface area contributed by atoms with E-state index in [1.165, 1.54) is 29.2 Å². The Balaban J connectivity index is 1.36. The van der Waals surface area contributed by atoms with Crippen molar-refractivity contribution in [3.63, 3.8) is 0 Å². The molecule has 1 aliphatic rings. The lowest BCUT2D eigenvalue weighted by molar-refractivity contribution is -0.156. The molecule has 7 atom stereocenters. The Hall–Kier alpha value is -8.41. The van der Waals surface area contributed by atoms with Gasteiger partial charge in [-0.05, 0) is 96.5 Å². The molecule has 0 bridgehead atoms. The van der Waals surface area contributed by atoms with Crippen molar-refractivity contribution >= 4 is 74.9 Å². The van der Waals surface area contributed by atoms with E-state index in [1.54, 1.807) is 26.1 Å². The third-order valence-electron chi connectivity index (χ3n) is 13.5. The average molecular weight is 1070 g/mol. The number of phenolic OH excluding ortho intramolecular Hbond substituents is 1. The van der Waals surface area contributed by atoms with Gasteiger partial charge in [-0.1, -0.05) is 86.6 Å². The minimum absolute atomic E-state index is 0.0556. The van der Waals surface area contributed by atoms with Crippen LogP contribution in [0.4, 0.5) is 0 Å². The molecule has 6 rings (SSSR count). The fourth-order valence-corrected chi connectivity index (χ4v) is 9.54. The lowest BCUT2D eigenvalue weighted by Gasteiger charge is -2.36. The quantitative estimate of drug-likeness (QED) is 0.0194. The first kappa shape index (κ1) is 58.8. The van der Waals surface area contributed by atoms with E-state index in [2.05, 4.69) is 31.6 Å². The topological polar surface area (TPSA) is 387 Å². The number of nitrogens with two attached hydrogens (primary N) is 4. The number of aromatic amines is 1. The van der Waals surface area contributed by atoms with Crippen LogP contribution in [0.25, 0.3) is 21.7 Å². The van der Waals surface area contributed by atoms with E-state index in [0.717, 1.165) is 27.2 Å². The number of phenols is 1. The number of nitrogens with one attached hydrogen (secondary N) is 7. The summed E-state index contributed by atoms with van der Waals surface area (Å²) in [6.45, 7) is 2.27. The van der Waals surface area contributed by atoms with Gasteiger partial charge in [-0.15, -0.1) is 0 Å². The van der Waals surface area contributed by atoms with Crippen molar-refractivity contribution in [2.24, 2.45) is 28.9 Å². The lowest BCUT2D eigenvalue weighted by Crippen LogP contribution is -2.64. The Morgan fingerprint density at radius 1 is 0.756 bits per heavy atom. The molecule has 1 aromatic heterocycles. The molecule has 2 heterocycles. The highest BCUT2D eigenvalue weighted by molar-refractivity contribution is 6.06. The third kappa shape index (κ3) is 15.8. The van der Waals surface area contributed by atoms with Gasteiger partial charge in [0, 0.05) is 36.6 Å². The summed E-state index contributed by atoms with van der Waals surface area (Å²) in [4.78, 5) is 119. The zero-order valence-electron chi connectivity index (χ0n) is 43.7. The van der Waals surface area contributed by atoms with Crippen molar-refractivity contribution < 1.29 is 48.6 Å². The summed E-state index contributed by atoms with van der Waals surface area (Å²) in [6.07, 6.45) is 1.83. The molecule has 0 spiro atoms. The van der Waals surface area contributed by atoms with Crippen LogP contribution < -0.4 is 49.5 Å². The van der Waals surface area contributed by atoms with Gasteiger partial charge in [-0.25, -0.2) is 0 Å². The van der Waals surface area contributed by atoms with Gasteiger partial charge in [0.2, 0.25) is 41.4 Å². The Morgan fingerprint density at radius 3 is 2.12 bits per heavy atom. The second-order valence-corrected chi connectivity index (χ2v) is 19.9. The van der Waals surface area contributed by atoms with Crippen LogP contribution in [0.2, 0.25) is 0 Å². The van der Waals surface area contributed by atoms with Gasteiger partial charge in [-0.2, -0.15) is 0 Å². The number of nitrogens with zero attached hydrogens (tertiary/aromatic N) is 2. The van der Waals surface area contributed by atoms with Gasteiger partial charge in [0.15, 0.2) is 5.96 Å². The summed E-state index contributed by atoms with van der Waals surface area (Å²) in [7, 11) is 0. The highest BCUT2D eigenvalue weighted by Gasteiger charge is 2.44. The number of rotatable bonds is 26. The average Bonchev–Trinajstić information content (AvgIpc) is 4.10. The summed E-state index contributed by atoms with van der Waals surface area (Å²) in [5.41, 5.74) is 26.5. The number of hydrogen-bond donors (Lipinski definition) is 13. The van der Waals surface area contributed by atoms with Crippen LogP contribution in [0, 0.1) is 11.3 Å². The number of benzene rings is 4. The molecule has 1 aliphatic heterocycles. The molecule has 23 heteroatoms. The standard InChI is InChI=1S/C55H71N13O10/c1-31(2)23-46(51(75)64-42(13-7-21-61-55(59)60)53(77)67-22-8-14-45(67)50(74)63-29-47(58)71)68(52(76)40(57)25-33-15-18-34-9-3-4-10-35(34)24-33)54(78)43(26-32-16-19-37(70)20-17-32)65-49(73)44(30-69)66-48(72)39(56)27-36-28-62-41-12-6-5-11-38(36)41/h3-6,9-12,15-20,24,28,31,39-40,42-46,62,69-70H,7-8,13-14,21-23,25-27,29-30,56-57H2,1-2H3,(H2,58,71)(H,63,74)(H,64,75)(H,65,73)(H,66,72)(H4,59,60,61)/t39-,40+,42-,43-,44-,45-,46-/m0/s1. The Labute approximate surface area is 451 Å². The minimum Gasteiger partial charge on any atom is -0.508 e. The van der Waals surface area contributed by atoms with E-state index in [0.29, 0.717) is 22.4 Å². The van der Waals surface area contributed by atoms with E-state index >= 15 is 14.4 Å². The predicted octanol–water partition coefficient (Wildman–Crippen LogP) is -0.218. The normalized spacial score (nSPS) is 15.6. The van der Waals surface area contributed by atoms with Crippen LogP contribution in [-0.4, -0.2) is 147 Å². The van der Waals surface area contributed by atoms with Crippen molar-refractivity contribution in [2.75, 3.05) is 26.2 Å². The fraction of sp³-hybridized carbons (Fsp3) is 0.400. The van der Waals surface area contributed by atoms with Crippen molar-refractivity contribution in [1.29, 1.82) is 5.41 Å². The second kappa shape index (κ2) is 27.6. The fourth-order valence-electron chi connectivity index (χ4n) is 9.54. The first-order valence-electron chi connectivity index (χ1n) is 25.9. The Kier molecular flexibility index (Phi) is 20.8. The number of primary amides is 1. The number of para-hydroxylation sites is 1. The smallest absolute Gasteiger partial charge is 0.252 e. The van der Waals surface area contributed by atoms with Gasteiger partial charge in [0.05, 0.1) is 25.2 Å². The van der Waals surface area contributed by atoms with Gasteiger partial charge in [0.25, 0.3) is 5.91 Å². The Bertz CT molecular complexity index is 2970. The number of H-pyrrole nitrogens is 1. The molecular formula is C55H71N13O10. The molecule has 416 valence electrons. The van der Waals surface area contributed by atoms with Crippen LogP contribution in [0.3, 0.4) is 0 Å². The number of likely N-dealkylation sites (tertiary alicyclic amines) is 1. The highest BCUT2D eigenvalue weighted by Crippen LogP contribution is 2.24. The molecular weight excluding hydrogens is 1000 g/mol. The molecule has 4 aromatic carbocycles. The van der Waals surface area contributed by atoms with Crippen LogP contribution >= 0.6 is 0 Å². The van der Waals surface area contributed by atoms with Crippen LogP contribution in [-0.2, 0) is 57.6 Å². The number of amides is 8. The molecule has 17 N–H and O–H groups in total. The van der Waals surface area contributed by atoms with Crippen molar-refractivity contribution in [2.45, 2.75) is 108 Å². The largest absolute Gasteiger partial charge is 0.508 e. The van der Waals surface area contributed by atoms with Crippen molar-refractivity contribution in [3.8, 4) is 5.75 Å². The molecule has 0 radical (unpaired) electrons. The number of carbonyl (C=O) groups excluding carboxylic acids is 8. The molecule has 1 saturated heterocycles. The van der Waals surface area contributed by atoms with Crippen LogP contribution in [0.1, 0.15) is 62.6 Å². The number of guanidine groups is 1. The number of hydrogen-bond acceptors (Lipinski definition) is 13. The molecule has 8 amide bonds. The van der Waals surface area contributed by atoms with Crippen LogP contribution in [0.15, 0.2) is 97.2 Å². The monoisotopic (exact) mass is 1070 g/mol. The van der Waals surface area contributed by atoms with E-state index < -0.39 is 109 Å². The van der Waals surface area contributed by atoms with E-state index in [9.17, 15) is 34.2 Å². The summed E-state index contributed by atoms with van der Waals surface area (Å²) in [5, 5.41) is 43.9. The zero-order chi connectivity index (χ0) is 56.6. The molecule has 0 saturated carbocycles. The van der Waals surface area contributed by atoms with Crippen molar-refractivity contribution in [1.82, 2.24) is 41.4 Å². The van der Waals surface area contributed by atoms with Gasteiger partial charge >= 0.3 is 0 Å². The molecule has 0 unspecified atom stereocenters. The maximum atomic E-state index is 15.6. The molecule has 5 aromatic rings. The third-order valence-corrected chi connectivity index (χ3v) is 13.5. The summed E-state index contributed by atoms with van der Waals surface area (Å²) in [5.74, 6) is -7.94. The Morgan fingerprint density at radius 2 is 1.42 bits per heavy atom. The van der Waals surface area contributed by atoms with E-state index in [4.69, 9.17) is 28.3 Å². The molecule has 23 nitrogen and oxygen atoms in total. The maximum absolute atomic E-state index is 15.6. The highest BCUT2D eigenvalue weighted by atomic mass is 16.3. The zero-order valence-corrected chi connectivity index (χ0v) is 43.7. The number of carbonyl (C=O) groups is 8. The van der Waals surface area contributed by atoms with E-state index in [-0.39, 0.29) is 69.7 Å². The molecule has 78 heavy (non-hydrogen) atoms. The maximum Gasteiger partial charge on any atom is 0.252 e. The first-order chi connectivity index (χ1) is 37.2. The molecule has 1 fully saturated rings. The summed E-state index contributed by atoms with van der Waals surface area (Å²) >= 11 is 0. The number of aliphatic hydroxyl groups excluding tert-OH is 1. The number of aliphatic hydroxyl groups is 1. The van der Waals surface area contributed by atoms with E-state index in [1.807, 2.05) is 60.7 Å².